The monoisotopic (exact) mass is 443 g/mol. The van der Waals surface area contributed by atoms with Crippen molar-refractivity contribution >= 4 is 39.9 Å². The maximum absolute atomic E-state index is 13.0. The van der Waals surface area contributed by atoms with Crippen LogP contribution in [0.3, 0.4) is 0 Å². The van der Waals surface area contributed by atoms with Crippen molar-refractivity contribution in [2.75, 3.05) is 41.8 Å². The first-order chi connectivity index (χ1) is 14.9. The smallest absolute Gasteiger partial charge is 0.249 e. The molecule has 168 valence electrons. The molecule has 1 aliphatic heterocycles. The van der Waals surface area contributed by atoms with Crippen LogP contribution in [0.5, 0.6) is 5.75 Å². The van der Waals surface area contributed by atoms with Gasteiger partial charge >= 0.3 is 0 Å². The number of carbonyl (C=O) groups excluding carboxylic acids is 1. The van der Waals surface area contributed by atoms with Gasteiger partial charge in [0.15, 0.2) is 5.82 Å². The number of thiol groups is 1. The van der Waals surface area contributed by atoms with E-state index in [1.165, 1.54) is 17.7 Å². The fraction of sp³-hybridized carbons (Fsp3) is 0.522. The molecule has 0 radical (unpaired) electrons. The van der Waals surface area contributed by atoms with E-state index >= 15 is 0 Å². The van der Waals surface area contributed by atoms with Gasteiger partial charge < -0.3 is 19.9 Å². The topological polar surface area (TPSA) is 70.6 Å². The highest BCUT2D eigenvalue weighted by molar-refractivity contribution is 8.15. The fourth-order valence-electron chi connectivity index (χ4n) is 4.63. The van der Waals surface area contributed by atoms with Gasteiger partial charge in [-0.3, -0.25) is 4.79 Å². The Balaban J connectivity index is 1.71. The number of anilines is 4. The predicted molar refractivity (Wildman–Crippen MR) is 130 cm³/mol. The Kier molecular flexibility index (Phi) is 6.27. The van der Waals surface area contributed by atoms with Crippen LogP contribution in [-0.2, 0) is 4.79 Å². The lowest BCUT2D eigenvalue weighted by Gasteiger charge is -2.43. The van der Waals surface area contributed by atoms with Gasteiger partial charge in [-0.05, 0) is 54.9 Å². The lowest BCUT2D eigenvalue weighted by Crippen LogP contribution is -2.55. The highest BCUT2D eigenvalue weighted by Gasteiger charge is 2.41. The zero-order valence-electron chi connectivity index (χ0n) is 19.1. The Bertz CT molecular complexity index is 961. The number of benzene rings is 1. The van der Waals surface area contributed by atoms with E-state index in [-0.39, 0.29) is 22.8 Å². The van der Waals surface area contributed by atoms with Gasteiger partial charge in [-0.15, -0.1) is 0 Å². The highest BCUT2D eigenvalue weighted by Crippen LogP contribution is 2.41. The van der Waals surface area contributed by atoms with E-state index in [1.54, 1.807) is 18.2 Å². The summed E-state index contributed by atoms with van der Waals surface area (Å²) in [5.74, 6) is 2.26. The van der Waals surface area contributed by atoms with Crippen molar-refractivity contribution < 1.29 is 9.53 Å². The van der Waals surface area contributed by atoms with Crippen LogP contribution in [0.2, 0.25) is 0 Å². The van der Waals surface area contributed by atoms with Crippen LogP contribution < -0.4 is 19.9 Å². The minimum absolute atomic E-state index is 0.124. The van der Waals surface area contributed by atoms with Crippen molar-refractivity contribution in [2.24, 2.45) is 0 Å². The minimum atomic E-state index is -0.207. The van der Waals surface area contributed by atoms with Gasteiger partial charge in [-0.25, -0.2) is 15.9 Å². The van der Waals surface area contributed by atoms with E-state index in [1.807, 2.05) is 13.1 Å². The lowest BCUT2D eigenvalue weighted by atomic mass is 10.0. The largest absolute Gasteiger partial charge is 0.495 e. The molecule has 31 heavy (non-hydrogen) atoms. The predicted octanol–water partition coefficient (Wildman–Crippen LogP) is 4.35. The zero-order chi connectivity index (χ0) is 22.1. The van der Waals surface area contributed by atoms with Gasteiger partial charge in [0, 0.05) is 13.1 Å². The van der Waals surface area contributed by atoms with Crippen LogP contribution in [0.4, 0.5) is 23.1 Å². The third kappa shape index (κ3) is 4.05. The Morgan fingerprint density at radius 1 is 1.26 bits per heavy atom. The summed E-state index contributed by atoms with van der Waals surface area (Å²) in [4.78, 5) is 27.7. The number of rotatable bonds is 6. The standard InChI is InChI=1S/C23H33N5O2S/c1-6-18-22(29)27(2)19-14-24-23(26-21(19)28(18)15-9-7-8-10-15)25-17-12-11-16(31(4)5)13-20(17)30-3/h11-15,18,31H,6-10H2,1-5H3,(H,24,25,26). The normalized spacial score (nSPS) is 19.5. The van der Waals surface area contributed by atoms with Gasteiger partial charge in [-0.1, -0.05) is 19.8 Å². The molecule has 1 saturated carbocycles. The Morgan fingerprint density at radius 2 is 2.00 bits per heavy atom. The molecule has 7 nitrogen and oxygen atoms in total. The molecule has 0 bridgehead atoms. The van der Waals surface area contributed by atoms with Crippen LogP contribution in [0.1, 0.15) is 39.0 Å². The van der Waals surface area contributed by atoms with Crippen LogP contribution in [0.25, 0.3) is 0 Å². The molecule has 1 aliphatic carbocycles. The third-order valence-electron chi connectivity index (χ3n) is 6.36. The quantitative estimate of drug-likeness (QED) is 0.647. The molecule has 1 N–H and O–H groups in total. The number of hydrogen-bond donors (Lipinski definition) is 2. The molecule has 1 aromatic heterocycles. The van der Waals surface area contributed by atoms with Crippen LogP contribution >= 0.6 is 10.9 Å². The van der Waals surface area contributed by atoms with Gasteiger partial charge in [0.1, 0.15) is 17.5 Å². The average molecular weight is 444 g/mol. The minimum Gasteiger partial charge on any atom is -0.495 e. The number of ether oxygens (including phenoxy) is 1. The van der Waals surface area contributed by atoms with Gasteiger partial charge in [-0.2, -0.15) is 4.98 Å². The summed E-state index contributed by atoms with van der Waals surface area (Å²) >= 11 is 0. The molecule has 1 aromatic carbocycles. The second kappa shape index (κ2) is 8.94. The van der Waals surface area contributed by atoms with E-state index < -0.39 is 0 Å². The molecule has 2 aromatic rings. The van der Waals surface area contributed by atoms with Crippen molar-refractivity contribution in [1.29, 1.82) is 0 Å². The molecule has 1 atom stereocenters. The molecule has 0 spiro atoms. The Morgan fingerprint density at radius 3 is 2.65 bits per heavy atom. The molecular formula is C23H33N5O2S. The summed E-state index contributed by atoms with van der Waals surface area (Å²) < 4.78 is 5.62. The molecule has 2 aliphatic rings. The molecule has 4 rings (SSSR count). The maximum atomic E-state index is 13.0. The third-order valence-corrected chi connectivity index (χ3v) is 7.67. The first kappa shape index (κ1) is 21.7. The highest BCUT2D eigenvalue weighted by atomic mass is 32.2. The molecular weight excluding hydrogens is 410 g/mol. The van der Waals surface area contributed by atoms with E-state index in [0.717, 1.165) is 42.2 Å². The number of aromatic nitrogens is 2. The number of fused-ring (bicyclic) bond motifs is 1. The Hall–Kier alpha value is -2.48. The molecule has 0 saturated heterocycles. The summed E-state index contributed by atoms with van der Waals surface area (Å²) in [5, 5.41) is 3.34. The van der Waals surface area contributed by atoms with E-state index in [2.05, 4.69) is 46.8 Å². The van der Waals surface area contributed by atoms with E-state index in [9.17, 15) is 4.79 Å². The number of nitrogens with one attached hydrogen (secondary N) is 1. The van der Waals surface area contributed by atoms with Crippen molar-refractivity contribution in [3.05, 3.63) is 24.4 Å². The van der Waals surface area contributed by atoms with Gasteiger partial charge in [0.2, 0.25) is 11.9 Å². The summed E-state index contributed by atoms with van der Waals surface area (Å²) in [6, 6.07) is 6.41. The molecule has 8 heteroatoms. The van der Waals surface area contributed by atoms with Crippen LogP contribution in [0.15, 0.2) is 29.3 Å². The summed E-state index contributed by atoms with van der Waals surface area (Å²) in [7, 11) is 3.29. The zero-order valence-corrected chi connectivity index (χ0v) is 19.9. The van der Waals surface area contributed by atoms with Crippen molar-refractivity contribution in [2.45, 2.75) is 56.0 Å². The summed E-state index contributed by atoms with van der Waals surface area (Å²) in [6.45, 7) is 2.08. The Labute approximate surface area is 187 Å². The average Bonchev–Trinajstić information content (AvgIpc) is 3.30. The van der Waals surface area contributed by atoms with Crippen molar-refractivity contribution in [3.8, 4) is 5.75 Å². The first-order valence-electron chi connectivity index (χ1n) is 11.0. The lowest BCUT2D eigenvalue weighted by molar-refractivity contribution is -0.120. The van der Waals surface area contributed by atoms with Crippen LogP contribution in [0, 0.1) is 0 Å². The van der Waals surface area contributed by atoms with Crippen LogP contribution in [-0.4, -0.2) is 54.6 Å². The van der Waals surface area contributed by atoms with E-state index in [0.29, 0.717) is 12.0 Å². The van der Waals surface area contributed by atoms with E-state index in [4.69, 9.17) is 9.72 Å². The number of amides is 1. The number of nitrogens with zero attached hydrogens (tertiary/aromatic N) is 4. The second-order valence-corrected chi connectivity index (χ2v) is 10.8. The number of hydrogen-bond acceptors (Lipinski definition) is 6. The fourth-order valence-corrected chi connectivity index (χ4v) is 5.37. The maximum Gasteiger partial charge on any atom is 0.249 e. The summed E-state index contributed by atoms with van der Waals surface area (Å²) in [5.41, 5.74) is 1.61. The molecule has 1 fully saturated rings. The number of methoxy groups -OCH3 is 1. The summed E-state index contributed by atoms with van der Waals surface area (Å²) in [6.07, 6.45) is 11.6. The second-order valence-electron chi connectivity index (χ2n) is 8.47. The number of carbonyl (C=O) groups is 1. The SMILES string of the molecule is CCC1C(=O)N(C)c2cnc(Nc3ccc([SH](C)C)cc3OC)nc2N1C1CCCC1. The molecule has 2 heterocycles. The molecule has 1 unspecified atom stereocenters. The number of likely N-dealkylation sites (N-methyl/N-ethyl adjacent to an activating group) is 1. The van der Waals surface area contributed by atoms with Crippen molar-refractivity contribution in [3.63, 3.8) is 0 Å². The molecule has 1 amide bonds. The van der Waals surface area contributed by atoms with Gasteiger partial charge in [0.25, 0.3) is 0 Å². The van der Waals surface area contributed by atoms with Gasteiger partial charge in [0.05, 0.1) is 19.0 Å². The van der Waals surface area contributed by atoms with Crippen molar-refractivity contribution in [1.82, 2.24) is 9.97 Å². The first-order valence-corrected chi connectivity index (χ1v) is 13.2.